The van der Waals surface area contributed by atoms with Crippen LogP contribution < -0.4 is 0 Å². The van der Waals surface area contributed by atoms with Gasteiger partial charge in [0.15, 0.2) is 0 Å². The van der Waals surface area contributed by atoms with Crippen molar-refractivity contribution in [3.8, 4) is 0 Å². The van der Waals surface area contributed by atoms with Crippen LogP contribution in [0, 0.1) is 11.7 Å². The quantitative estimate of drug-likeness (QED) is 0.602. The van der Waals surface area contributed by atoms with E-state index in [9.17, 15) is 18.8 Å². The smallest absolute Gasteiger partial charge is 0.410 e. The number of amides is 3. The minimum Gasteiger partial charge on any atom is -0.444 e. The van der Waals surface area contributed by atoms with E-state index in [1.54, 1.807) is 49.9 Å². The molecule has 0 aromatic heterocycles. The second-order valence-corrected chi connectivity index (χ2v) is 9.53. The molecule has 168 valence electrons. The van der Waals surface area contributed by atoms with Crippen molar-refractivity contribution in [1.29, 1.82) is 0 Å². The van der Waals surface area contributed by atoms with Crippen LogP contribution in [0.5, 0.6) is 0 Å². The number of hydrogen-bond donors (Lipinski definition) is 0. The van der Waals surface area contributed by atoms with Gasteiger partial charge < -0.3 is 9.64 Å². The second kappa shape index (κ2) is 8.20. The summed E-state index contributed by atoms with van der Waals surface area (Å²) in [7, 11) is 0. The van der Waals surface area contributed by atoms with Crippen LogP contribution in [0.1, 0.15) is 59.5 Å². The number of benzene rings is 2. The highest BCUT2D eigenvalue weighted by Gasteiger charge is 2.46. The first-order valence-corrected chi connectivity index (χ1v) is 10.8. The van der Waals surface area contributed by atoms with Gasteiger partial charge in [-0.3, -0.25) is 14.5 Å². The molecule has 1 fully saturated rings. The molecule has 6 nitrogen and oxygen atoms in total. The summed E-state index contributed by atoms with van der Waals surface area (Å²) in [6.45, 7) is 6.10. The minimum absolute atomic E-state index is 0.0916. The van der Waals surface area contributed by atoms with E-state index in [0.29, 0.717) is 36.2 Å². The molecule has 4 rings (SSSR count). The van der Waals surface area contributed by atoms with Gasteiger partial charge in [0.25, 0.3) is 11.8 Å². The normalized spacial score (nSPS) is 19.3. The number of nitrogens with zero attached hydrogens (tertiary/aromatic N) is 2. The lowest BCUT2D eigenvalue weighted by molar-refractivity contribution is 0.0279. The Bertz CT molecular complexity index is 1060. The largest absolute Gasteiger partial charge is 0.444 e. The van der Waals surface area contributed by atoms with E-state index in [1.807, 2.05) is 0 Å². The maximum Gasteiger partial charge on any atom is 0.410 e. The molecule has 2 atom stereocenters. The molecule has 1 saturated heterocycles. The number of hydrogen-bond acceptors (Lipinski definition) is 4. The summed E-state index contributed by atoms with van der Waals surface area (Å²) in [5, 5.41) is -0.0916. The molecule has 2 aromatic rings. The van der Waals surface area contributed by atoms with Crippen molar-refractivity contribution in [2.75, 3.05) is 13.1 Å². The lowest BCUT2D eigenvalue weighted by atomic mass is 9.90. The van der Waals surface area contributed by atoms with Crippen molar-refractivity contribution < 1.29 is 23.5 Å². The Kier molecular flexibility index (Phi) is 5.71. The highest BCUT2D eigenvalue weighted by molar-refractivity contribution is 6.30. The monoisotopic (exact) mass is 458 g/mol. The summed E-state index contributed by atoms with van der Waals surface area (Å²) >= 11 is 6.04. The maximum absolute atomic E-state index is 13.9. The van der Waals surface area contributed by atoms with Crippen LogP contribution in [-0.4, -0.2) is 46.4 Å². The van der Waals surface area contributed by atoms with Gasteiger partial charge in [0.05, 0.1) is 22.2 Å². The highest BCUT2D eigenvalue weighted by atomic mass is 35.5. The fourth-order valence-electron chi connectivity index (χ4n) is 4.33. The molecule has 0 N–H and O–H groups in total. The Morgan fingerprint density at radius 3 is 2.31 bits per heavy atom. The van der Waals surface area contributed by atoms with Crippen molar-refractivity contribution in [3.05, 3.63) is 70.0 Å². The third-order valence-corrected chi connectivity index (χ3v) is 6.00. The molecule has 3 amide bonds. The topological polar surface area (TPSA) is 66.9 Å². The number of imide groups is 1. The van der Waals surface area contributed by atoms with E-state index in [4.69, 9.17) is 16.3 Å². The molecule has 8 heteroatoms. The average Bonchev–Trinajstić information content (AvgIpc) is 3.30. The molecule has 2 aliphatic rings. The molecule has 32 heavy (non-hydrogen) atoms. The van der Waals surface area contributed by atoms with Crippen molar-refractivity contribution >= 4 is 29.5 Å². The summed E-state index contributed by atoms with van der Waals surface area (Å²) in [4.78, 5) is 41.8. The van der Waals surface area contributed by atoms with Crippen LogP contribution >= 0.6 is 11.6 Å². The van der Waals surface area contributed by atoms with Gasteiger partial charge in [-0.25, -0.2) is 9.18 Å². The molecule has 2 aliphatic heterocycles. The van der Waals surface area contributed by atoms with E-state index in [2.05, 4.69) is 0 Å². The third-order valence-electron chi connectivity index (χ3n) is 5.71. The molecule has 0 bridgehead atoms. The number of rotatable bonds is 3. The number of carbonyl (C=O) groups excluding carboxylic acids is 3. The first-order valence-electron chi connectivity index (χ1n) is 10.5. The van der Waals surface area contributed by atoms with Crippen molar-refractivity contribution in [2.24, 2.45) is 5.92 Å². The first-order chi connectivity index (χ1) is 15.1. The fourth-order valence-corrected chi connectivity index (χ4v) is 4.52. The fraction of sp³-hybridized carbons (Fsp3) is 0.375. The molecular weight excluding hydrogens is 435 g/mol. The van der Waals surface area contributed by atoms with Crippen LogP contribution in [0.4, 0.5) is 9.18 Å². The molecular formula is C24H24ClFN2O4. The van der Waals surface area contributed by atoms with Crippen molar-refractivity contribution in [2.45, 2.75) is 38.8 Å². The van der Waals surface area contributed by atoms with Gasteiger partial charge in [-0.15, -0.1) is 0 Å². The summed E-state index contributed by atoms with van der Waals surface area (Å²) in [5.74, 6) is -1.66. The van der Waals surface area contributed by atoms with E-state index in [0.717, 1.165) is 0 Å². The Morgan fingerprint density at radius 1 is 1.12 bits per heavy atom. The predicted molar refractivity (Wildman–Crippen MR) is 117 cm³/mol. The third kappa shape index (κ3) is 4.09. The summed E-state index contributed by atoms with van der Waals surface area (Å²) in [5.41, 5.74) is 0.569. The van der Waals surface area contributed by atoms with Crippen LogP contribution in [0.2, 0.25) is 5.02 Å². The van der Waals surface area contributed by atoms with E-state index >= 15 is 0 Å². The zero-order chi connectivity index (χ0) is 23.2. The Morgan fingerprint density at radius 2 is 1.75 bits per heavy atom. The van der Waals surface area contributed by atoms with Crippen LogP contribution in [0.3, 0.4) is 0 Å². The average molecular weight is 459 g/mol. The lowest BCUT2D eigenvalue weighted by Crippen LogP contribution is -2.40. The van der Waals surface area contributed by atoms with Gasteiger partial charge in [0, 0.05) is 19.0 Å². The SMILES string of the molecule is CC(C)(C)OC(=O)N1CC[C@H](C(c2ccc(F)c(Cl)c2)N2C(=O)c3ccccc3C2=O)C1. The predicted octanol–water partition coefficient (Wildman–Crippen LogP) is 5.07. The number of ether oxygens (including phenoxy) is 1. The molecule has 0 radical (unpaired) electrons. The van der Waals surface area contributed by atoms with Gasteiger partial charge in [0.1, 0.15) is 11.4 Å². The minimum atomic E-state index is -0.701. The van der Waals surface area contributed by atoms with Gasteiger partial charge in [-0.2, -0.15) is 0 Å². The number of carbonyl (C=O) groups is 3. The zero-order valence-corrected chi connectivity index (χ0v) is 18.9. The molecule has 0 saturated carbocycles. The summed E-state index contributed by atoms with van der Waals surface area (Å²) in [6.07, 6.45) is 0.102. The van der Waals surface area contributed by atoms with Crippen LogP contribution in [-0.2, 0) is 4.74 Å². The van der Waals surface area contributed by atoms with Crippen LogP contribution in [0.25, 0.3) is 0 Å². The number of likely N-dealkylation sites (tertiary alicyclic amines) is 1. The Hall–Kier alpha value is -2.93. The van der Waals surface area contributed by atoms with Crippen LogP contribution in [0.15, 0.2) is 42.5 Å². The van der Waals surface area contributed by atoms with Gasteiger partial charge >= 0.3 is 6.09 Å². The van der Waals surface area contributed by atoms with Gasteiger partial charge in [-0.1, -0.05) is 29.8 Å². The number of halogens is 2. The molecule has 1 unspecified atom stereocenters. The van der Waals surface area contributed by atoms with Crippen molar-refractivity contribution in [1.82, 2.24) is 9.80 Å². The first kappa shape index (κ1) is 22.3. The van der Waals surface area contributed by atoms with Crippen molar-refractivity contribution in [3.63, 3.8) is 0 Å². The lowest BCUT2D eigenvalue weighted by Gasteiger charge is -2.32. The van der Waals surface area contributed by atoms with E-state index in [1.165, 1.54) is 23.1 Å². The highest BCUT2D eigenvalue weighted by Crippen LogP contribution is 2.40. The number of fused-ring (bicyclic) bond motifs is 1. The molecule has 0 spiro atoms. The maximum atomic E-state index is 13.9. The summed E-state index contributed by atoms with van der Waals surface area (Å²) in [6, 6.07) is 10.1. The van der Waals surface area contributed by atoms with Gasteiger partial charge in [0.2, 0.25) is 0 Å². The summed E-state index contributed by atoms with van der Waals surface area (Å²) < 4.78 is 19.3. The standard InChI is InChI=1S/C24H24ClFN2O4/c1-24(2,3)32-23(31)27-11-10-15(13-27)20(14-8-9-19(26)18(25)12-14)28-21(29)16-6-4-5-7-17(16)22(28)30/h4-9,12,15,20H,10-11,13H2,1-3H3/t15-,20?/m0/s1. The Balaban J connectivity index is 1.69. The second-order valence-electron chi connectivity index (χ2n) is 9.12. The Labute approximate surface area is 190 Å². The van der Waals surface area contributed by atoms with E-state index < -0.39 is 35.4 Å². The van der Waals surface area contributed by atoms with Gasteiger partial charge in [-0.05, 0) is 57.0 Å². The molecule has 2 heterocycles. The van der Waals surface area contributed by atoms with E-state index in [-0.39, 0.29) is 10.9 Å². The zero-order valence-electron chi connectivity index (χ0n) is 18.1. The molecule has 0 aliphatic carbocycles. The molecule has 2 aromatic carbocycles.